The Hall–Kier alpha value is -2.79. The van der Waals surface area contributed by atoms with Crippen molar-refractivity contribution in [3.63, 3.8) is 0 Å². The largest absolute Gasteiger partial charge is 0.494 e. The SMILES string of the molecule is CCOc1ccc(-n2c(C)nnc2S[C@H](C[N+](=O)[O-])c2cc(OCC)c(OC)cc2Br)cc1. The molecular formula is C22H25BrN4O5S. The molecule has 0 amide bonds. The van der Waals surface area contributed by atoms with E-state index in [1.807, 2.05) is 49.6 Å². The van der Waals surface area contributed by atoms with E-state index in [0.717, 1.165) is 11.4 Å². The van der Waals surface area contributed by atoms with Crippen LogP contribution in [0.4, 0.5) is 0 Å². The Morgan fingerprint density at radius 2 is 1.82 bits per heavy atom. The number of ether oxygens (including phenoxy) is 3. The molecule has 0 fully saturated rings. The van der Waals surface area contributed by atoms with Crippen LogP contribution in [0.15, 0.2) is 46.0 Å². The Morgan fingerprint density at radius 3 is 2.42 bits per heavy atom. The number of nitro groups is 1. The molecule has 0 aliphatic rings. The van der Waals surface area contributed by atoms with Gasteiger partial charge in [-0.1, -0.05) is 27.7 Å². The first-order chi connectivity index (χ1) is 15.9. The number of thioether (sulfide) groups is 1. The van der Waals surface area contributed by atoms with Crippen molar-refractivity contribution in [3.05, 3.63) is 62.4 Å². The van der Waals surface area contributed by atoms with Gasteiger partial charge >= 0.3 is 0 Å². The second-order valence-corrected chi connectivity index (χ2v) is 8.90. The molecule has 176 valence electrons. The van der Waals surface area contributed by atoms with Crippen molar-refractivity contribution < 1.29 is 19.1 Å². The Morgan fingerprint density at radius 1 is 1.12 bits per heavy atom. The van der Waals surface area contributed by atoms with Crippen molar-refractivity contribution >= 4 is 27.7 Å². The first-order valence-electron chi connectivity index (χ1n) is 10.3. The van der Waals surface area contributed by atoms with Crippen LogP contribution in [-0.2, 0) is 0 Å². The number of hydrogen-bond acceptors (Lipinski definition) is 8. The Bertz CT molecular complexity index is 1110. The van der Waals surface area contributed by atoms with Crippen molar-refractivity contribution in [1.29, 1.82) is 0 Å². The third kappa shape index (κ3) is 5.97. The van der Waals surface area contributed by atoms with Crippen LogP contribution in [0, 0.1) is 17.0 Å². The molecule has 1 aromatic heterocycles. The summed E-state index contributed by atoms with van der Waals surface area (Å²) in [5.41, 5.74) is 1.55. The highest BCUT2D eigenvalue weighted by atomic mass is 79.9. The van der Waals surface area contributed by atoms with Crippen LogP contribution in [0.2, 0.25) is 0 Å². The highest BCUT2D eigenvalue weighted by molar-refractivity contribution is 9.10. The molecule has 1 heterocycles. The normalized spacial score (nSPS) is 11.8. The summed E-state index contributed by atoms with van der Waals surface area (Å²) in [5, 5.41) is 20.0. The van der Waals surface area contributed by atoms with Crippen molar-refractivity contribution in [2.24, 2.45) is 0 Å². The number of methoxy groups -OCH3 is 1. The number of benzene rings is 2. The van der Waals surface area contributed by atoms with E-state index in [1.54, 1.807) is 19.2 Å². The first kappa shape index (κ1) is 24.8. The lowest BCUT2D eigenvalue weighted by Crippen LogP contribution is -2.12. The zero-order chi connectivity index (χ0) is 24.0. The van der Waals surface area contributed by atoms with Crippen LogP contribution >= 0.6 is 27.7 Å². The number of aryl methyl sites for hydroxylation is 1. The van der Waals surface area contributed by atoms with E-state index >= 15 is 0 Å². The van der Waals surface area contributed by atoms with Gasteiger partial charge in [-0.15, -0.1) is 10.2 Å². The lowest BCUT2D eigenvalue weighted by Gasteiger charge is -2.18. The van der Waals surface area contributed by atoms with Gasteiger partial charge in [-0.3, -0.25) is 14.7 Å². The van der Waals surface area contributed by atoms with Gasteiger partial charge in [0.15, 0.2) is 16.7 Å². The van der Waals surface area contributed by atoms with Gasteiger partial charge in [0.1, 0.15) is 16.8 Å². The molecular weight excluding hydrogens is 512 g/mol. The molecule has 0 saturated carbocycles. The quantitative estimate of drug-likeness (QED) is 0.186. The smallest absolute Gasteiger partial charge is 0.220 e. The van der Waals surface area contributed by atoms with Crippen LogP contribution in [0.5, 0.6) is 17.2 Å². The predicted octanol–water partition coefficient (Wildman–Crippen LogP) is 5.25. The Labute approximate surface area is 204 Å². The molecule has 3 aromatic rings. The standard InChI is InChI=1S/C22H25BrN4O5S/c1-5-31-16-9-7-15(8-10-16)27-14(3)24-25-22(27)33-21(13-26(28)29)17-11-20(32-6-2)19(30-4)12-18(17)23/h7-12,21H,5-6,13H2,1-4H3/t21-/m1/s1. The maximum atomic E-state index is 11.5. The van der Waals surface area contributed by atoms with Gasteiger partial charge in [0.2, 0.25) is 6.54 Å². The first-order valence-corrected chi connectivity index (χ1v) is 12.0. The van der Waals surface area contributed by atoms with Gasteiger partial charge in [-0.2, -0.15) is 0 Å². The Kier molecular flexibility index (Phi) is 8.56. The summed E-state index contributed by atoms with van der Waals surface area (Å²) < 4.78 is 19.2. The van der Waals surface area contributed by atoms with E-state index in [1.165, 1.54) is 11.8 Å². The van der Waals surface area contributed by atoms with E-state index in [0.29, 0.717) is 45.7 Å². The molecule has 33 heavy (non-hydrogen) atoms. The molecule has 11 heteroatoms. The van der Waals surface area contributed by atoms with Gasteiger partial charge in [0.05, 0.1) is 20.3 Å². The van der Waals surface area contributed by atoms with Crippen LogP contribution in [-0.4, -0.2) is 46.6 Å². The number of hydrogen-bond donors (Lipinski definition) is 0. The lowest BCUT2D eigenvalue weighted by molar-refractivity contribution is -0.479. The van der Waals surface area contributed by atoms with E-state index in [-0.39, 0.29) is 11.5 Å². The fraction of sp³-hybridized carbons (Fsp3) is 0.364. The summed E-state index contributed by atoms with van der Waals surface area (Å²) in [6.07, 6.45) is 0. The van der Waals surface area contributed by atoms with Crippen LogP contribution in [0.25, 0.3) is 5.69 Å². The molecule has 9 nitrogen and oxygen atoms in total. The predicted molar refractivity (Wildman–Crippen MR) is 130 cm³/mol. The minimum Gasteiger partial charge on any atom is -0.494 e. The molecule has 0 bridgehead atoms. The summed E-state index contributed by atoms with van der Waals surface area (Å²) in [6.45, 7) is 6.34. The molecule has 3 rings (SSSR count). The highest BCUT2D eigenvalue weighted by Gasteiger charge is 2.27. The van der Waals surface area contributed by atoms with Crippen molar-refractivity contribution in [3.8, 4) is 22.9 Å². The average Bonchev–Trinajstić information content (AvgIpc) is 3.14. The zero-order valence-corrected chi connectivity index (χ0v) is 21.2. The maximum absolute atomic E-state index is 11.5. The van der Waals surface area contributed by atoms with E-state index in [9.17, 15) is 10.1 Å². The highest BCUT2D eigenvalue weighted by Crippen LogP contribution is 2.43. The average molecular weight is 537 g/mol. The number of halogens is 1. The fourth-order valence-corrected chi connectivity index (χ4v) is 5.22. The zero-order valence-electron chi connectivity index (χ0n) is 18.8. The van der Waals surface area contributed by atoms with E-state index < -0.39 is 5.25 Å². The van der Waals surface area contributed by atoms with Crippen LogP contribution in [0.1, 0.15) is 30.5 Å². The minimum atomic E-state index is -0.551. The fourth-order valence-electron chi connectivity index (χ4n) is 3.26. The summed E-state index contributed by atoms with van der Waals surface area (Å²) in [4.78, 5) is 11.2. The summed E-state index contributed by atoms with van der Waals surface area (Å²) >= 11 is 4.81. The molecule has 0 unspecified atom stereocenters. The summed E-state index contributed by atoms with van der Waals surface area (Å²) in [6, 6.07) is 11.1. The van der Waals surface area contributed by atoms with Gasteiger partial charge < -0.3 is 14.2 Å². The molecule has 0 radical (unpaired) electrons. The number of aromatic nitrogens is 3. The number of rotatable bonds is 11. The third-order valence-electron chi connectivity index (χ3n) is 4.69. The van der Waals surface area contributed by atoms with Crippen LogP contribution < -0.4 is 14.2 Å². The lowest BCUT2D eigenvalue weighted by atomic mass is 10.1. The molecule has 2 aromatic carbocycles. The monoisotopic (exact) mass is 536 g/mol. The van der Waals surface area contributed by atoms with Crippen molar-refractivity contribution in [2.75, 3.05) is 26.9 Å². The second-order valence-electron chi connectivity index (χ2n) is 6.87. The van der Waals surface area contributed by atoms with Crippen LogP contribution in [0.3, 0.4) is 0 Å². The van der Waals surface area contributed by atoms with Crippen molar-refractivity contribution in [1.82, 2.24) is 14.8 Å². The van der Waals surface area contributed by atoms with Gasteiger partial charge in [0, 0.05) is 15.1 Å². The molecule has 0 N–H and O–H groups in total. The molecule has 0 saturated heterocycles. The molecule has 0 aliphatic carbocycles. The van der Waals surface area contributed by atoms with E-state index in [4.69, 9.17) is 14.2 Å². The van der Waals surface area contributed by atoms with Gasteiger partial charge in [0.25, 0.3) is 0 Å². The maximum Gasteiger partial charge on any atom is 0.220 e. The summed E-state index contributed by atoms with van der Waals surface area (Å²) in [7, 11) is 1.55. The van der Waals surface area contributed by atoms with Crippen molar-refractivity contribution in [2.45, 2.75) is 31.2 Å². The summed E-state index contributed by atoms with van der Waals surface area (Å²) in [5.74, 6) is 2.50. The molecule has 0 spiro atoms. The molecule has 1 atom stereocenters. The van der Waals surface area contributed by atoms with Gasteiger partial charge in [-0.25, -0.2) is 0 Å². The second kappa shape index (κ2) is 11.4. The third-order valence-corrected chi connectivity index (χ3v) is 6.54. The van der Waals surface area contributed by atoms with Gasteiger partial charge in [-0.05, 0) is 62.7 Å². The van der Waals surface area contributed by atoms with E-state index in [2.05, 4.69) is 26.1 Å². The Balaban J connectivity index is 2.00. The topological polar surface area (TPSA) is 102 Å². The molecule has 0 aliphatic heterocycles. The number of nitrogens with zero attached hydrogens (tertiary/aromatic N) is 4. The minimum absolute atomic E-state index is 0.309.